The number of alkyl halides is 3. The van der Waals surface area contributed by atoms with E-state index in [4.69, 9.17) is 0 Å². The van der Waals surface area contributed by atoms with E-state index in [1.165, 1.54) is 30.5 Å². The van der Waals surface area contributed by atoms with Gasteiger partial charge in [0.1, 0.15) is 10.7 Å². The Bertz CT molecular complexity index is 1120. The van der Waals surface area contributed by atoms with Crippen molar-refractivity contribution < 1.29 is 21.6 Å². The predicted octanol–water partition coefficient (Wildman–Crippen LogP) is 4.84. The highest BCUT2D eigenvalue weighted by molar-refractivity contribution is 7.92. The van der Waals surface area contributed by atoms with Crippen LogP contribution in [0.25, 0.3) is 11.3 Å². The van der Waals surface area contributed by atoms with Gasteiger partial charge in [0.05, 0.1) is 11.3 Å². The monoisotopic (exact) mass is 419 g/mol. The summed E-state index contributed by atoms with van der Waals surface area (Å²) in [6, 6.07) is 12.5. The lowest BCUT2D eigenvalue weighted by molar-refractivity contribution is -0.137. The van der Waals surface area contributed by atoms with Crippen LogP contribution in [0.1, 0.15) is 30.0 Å². The molecule has 150 valence electrons. The molecule has 4 rings (SSSR count). The minimum Gasteiger partial charge on any atom is -0.263 e. The van der Waals surface area contributed by atoms with E-state index in [9.17, 15) is 21.6 Å². The first-order valence-electron chi connectivity index (χ1n) is 8.86. The molecule has 0 unspecified atom stereocenters. The molecule has 1 aliphatic carbocycles. The van der Waals surface area contributed by atoms with Gasteiger partial charge in [0.2, 0.25) is 0 Å². The Labute approximate surface area is 165 Å². The van der Waals surface area contributed by atoms with Gasteiger partial charge in [-0.1, -0.05) is 18.2 Å². The Kier molecular flexibility index (Phi) is 4.77. The largest absolute Gasteiger partial charge is 0.416 e. The lowest BCUT2D eigenvalue weighted by Crippen LogP contribution is -2.14. The molecule has 0 atom stereocenters. The van der Waals surface area contributed by atoms with Crippen LogP contribution in [0.15, 0.2) is 65.7 Å². The van der Waals surface area contributed by atoms with E-state index >= 15 is 0 Å². The van der Waals surface area contributed by atoms with Crippen molar-refractivity contribution in [3.05, 3.63) is 72.1 Å². The van der Waals surface area contributed by atoms with Crippen molar-refractivity contribution in [3.8, 4) is 11.3 Å². The van der Waals surface area contributed by atoms with Crippen LogP contribution in [0, 0.1) is 0 Å². The third-order valence-electron chi connectivity index (χ3n) is 4.56. The van der Waals surface area contributed by atoms with Crippen LogP contribution in [0.3, 0.4) is 0 Å². The van der Waals surface area contributed by atoms with Gasteiger partial charge in [0.15, 0.2) is 0 Å². The van der Waals surface area contributed by atoms with E-state index in [-0.39, 0.29) is 10.7 Å². The summed E-state index contributed by atoms with van der Waals surface area (Å²) in [4.78, 5) is 8.36. The van der Waals surface area contributed by atoms with Crippen LogP contribution in [0.4, 0.5) is 19.0 Å². The Morgan fingerprint density at radius 3 is 2.28 bits per heavy atom. The molecule has 0 radical (unpaired) electrons. The zero-order valence-corrected chi connectivity index (χ0v) is 15.8. The van der Waals surface area contributed by atoms with Gasteiger partial charge >= 0.3 is 6.18 Å². The SMILES string of the molecule is O=S(=O)(Nc1cccc(C2CC2)n1)c1ccc(-c2ccc(C(F)(F)F)cc2)nc1. The maximum atomic E-state index is 12.7. The van der Waals surface area contributed by atoms with Crippen molar-refractivity contribution in [1.82, 2.24) is 9.97 Å². The maximum Gasteiger partial charge on any atom is 0.416 e. The molecule has 29 heavy (non-hydrogen) atoms. The van der Waals surface area contributed by atoms with Gasteiger partial charge in [0, 0.05) is 23.4 Å². The molecule has 9 heteroatoms. The van der Waals surface area contributed by atoms with Gasteiger partial charge in [0.25, 0.3) is 10.0 Å². The van der Waals surface area contributed by atoms with E-state index in [2.05, 4.69) is 14.7 Å². The second-order valence-electron chi connectivity index (χ2n) is 6.78. The fourth-order valence-electron chi connectivity index (χ4n) is 2.85. The summed E-state index contributed by atoms with van der Waals surface area (Å²) < 4.78 is 65.6. The number of sulfonamides is 1. The molecule has 0 saturated heterocycles. The number of benzene rings is 1. The number of halogens is 3. The van der Waals surface area contributed by atoms with E-state index in [0.717, 1.165) is 30.7 Å². The molecular weight excluding hydrogens is 403 g/mol. The number of hydrogen-bond acceptors (Lipinski definition) is 4. The second kappa shape index (κ2) is 7.14. The Morgan fingerprint density at radius 2 is 1.69 bits per heavy atom. The molecule has 1 aromatic carbocycles. The van der Waals surface area contributed by atoms with E-state index in [0.29, 0.717) is 17.2 Å². The highest BCUT2D eigenvalue weighted by atomic mass is 32.2. The number of hydrogen-bond donors (Lipinski definition) is 1. The molecule has 1 aliphatic rings. The van der Waals surface area contributed by atoms with Gasteiger partial charge < -0.3 is 0 Å². The van der Waals surface area contributed by atoms with Gasteiger partial charge in [-0.3, -0.25) is 9.71 Å². The molecule has 0 spiro atoms. The zero-order chi connectivity index (χ0) is 20.6. The number of aromatic nitrogens is 2. The molecule has 3 aromatic rings. The summed E-state index contributed by atoms with van der Waals surface area (Å²) in [6.45, 7) is 0. The highest BCUT2D eigenvalue weighted by Crippen LogP contribution is 2.39. The van der Waals surface area contributed by atoms with Crippen molar-refractivity contribution in [2.75, 3.05) is 4.72 Å². The van der Waals surface area contributed by atoms with Crippen molar-refractivity contribution in [1.29, 1.82) is 0 Å². The van der Waals surface area contributed by atoms with Crippen LogP contribution in [-0.2, 0) is 16.2 Å². The Morgan fingerprint density at radius 1 is 0.966 bits per heavy atom. The predicted molar refractivity (Wildman–Crippen MR) is 102 cm³/mol. The normalized spacial score (nSPS) is 14.6. The van der Waals surface area contributed by atoms with Crippen LogP contribution in [0.5, 0.6) is 0 Å². The molecule has 1 saturated carbocycles. The van der Waals surface area contributed by atoms with Gasteiger partial charge in [-0.2, -0.15) is 13.2 Å². The van der Waals surface area contributed by atoms with Crippen LogP contribution in [-0.4, -0.2) is 18.4 Å². The number of pyridine rings is 2. The smallest absolute Gasteiger partial charge is 0.263 e. The fourth-order valence-corrected chi connectivity index (χ4v) is 3.80. The van der Waals surface area contributed by atoms with Crippen molar-refractivity contribution in [2.24, 2.45) is 0 Å². The summed E-state index contributed by atoms with van der Waals surface area (Å²) in [5, 5.41) is 0. The third-order valence-corrected chi connectivity index (χ3v) is 5.90. The maximum absolute atomic E-state index is 12.7. The molecule has 2 aromatic heterocycles. The fraction of sp³-hybridized carbons (Fsp3) is 0.200. The van der Waals surface area contributed by atoms with E-state index < -0.39 is 21.8 Å². The van der Waals surface area contributed by atoms with Crippen LogP contribution in [0.2, 0.25) is 0 Å². The summed E-state index contributed by atoms with van der Waals surface area (Å²) >= 11 is 0. The van der Waals surface area contributed by atoms with E-state index in [1.54, 1.807) is 12.1 Å². The highest BCUT2D eigenvalue weighted by Gasteiger charge is 2.30. The molecule has 1 N–H and O–H groups in total. The Balaban J connectivity index is 1.53. The number of anilines is 1. The Hall–Kier alpha value is -2.94. The average molecular weight is 419 g/mol. The lowest BCUT2D eigenvalue weighted by Gasteiger charge is -2.10. The quantitative estimate of drug-likeness (QED) is 0.642. The summed E-state index contributed by atoms with van der Waals surface area (Å²) in [7, 11) is -3.88. The molecular formula is C20H16F3N3O2S. The summed E-state index contributed by atoms with van der Waals surface area (Å²) in [5.74, 6) is 0.630. The minimum absolute atomic E-state index is 0.0632. The molecule has 1 fully saturated rings. The topological polar surface area (TPSA) is 72.0 Å². The first-order valence-corrected chi connectivity index (χ1v) is 10.3. The summed E-state index contributed by atoms with van der Waals surface area (Å²) in [6.07, 6.45) is -1.14. The van der Waals surface area contributed by atoms with Crippen molar-refractivity contribution >= 4 is 15.8 Å². The van der Waals surface area contributed by atoms with Crippen molar-refractivity contribution in [3.63, 3.8) is 0 Å². The average Bonchev–Trinajstić information content (AvgIpc) is 3.53. The standard InChI is InChI=1S/C20H16F3N3O2S/c21-20(22,23)15-8-6-13(7-9-15)17-11-10-16(12-24-17)29(27,28)26-19-3-1-2-18(25-19)14-4-5-14/h1-3,6-12,14H,4-5H2,(H,25,26). The molecule has 0 amide bonds. The van der Waals surface area contributed by atoms with Gasteiger partial charge in [-0.05, 0) is 49.2 Å². The lowest BCUT2D eigenvalue weighted by atomic mass is 10.1. The summed E-state index contributed by atoms with van der Waals surface area (Å²) in [5.41, 5.74) is 0.923. The van der Waals surface area contributed by atoms with Crippen LogP contribution >= 0.6 is 0 Å². The van der Waals surface area contributed by atoms with Gasteiger partial charge in [-0.15, -0.1) is 0 Å². The third kappa shape index (κ3) is 4.40. The minimum atomic E-state index is -4.42. The van der Waals surface area contributed by atoms with Crippen LogP contribution < -0.4 is 4.72 Å². The van der Waals surface area contributed by atoms with E-state index in [1.807, 2.05) is 6.07 Å². The first-order chi connectivity index (χ1) is 13.7. The van der Waals surface area contributed by atoms with Crippen molar-refractivity contribution in [2.45, 2.75) is 29.8 Å². The molecule has 0 aliphatic heterocycles. The second-order valence-corrected chi connectivity index (χ2v) is 8.46. The molecule has 0 bridgehead atoms. The first kappa shape index (κ1) is 19.4. The number of rotatable bonds is 5. The zero-order valence-electron chi connectivity index (χ0n) is 15.0. The molecule has 2 heterocycles. The number of nitrogens with one attached hydrogen (secondary N) is 1. The number of nitrogens with zero attached hydrogens (tertiary/aromatic N) is 2. The molecule has 5 nitrogen and oxygen atoms in total. The van der Waals surface area contributed by atoms with Gasteiger partial charge in [-0.25, -0.2) is 13.4 Å².